The third-order valence-corrected chi connectivity index (χ3v) is 4.04. The van der Waals surface area contributed by atoms with Gasteiger partial charge in [-0.3, -0.25) is 9.59 Å². The number of rotatable bonds is 11. The largest absolute Gasteiger partial charge is 0.462 e. The summed E-state index contributed by atoms with van der Waals surface area (Å²) in [6.07, 6.45) is -5.23. The number of ether oxygens (including phenoxy) is 4. The van der Waals surface area contributed by atoms with Gasteiger partial charge in [0.2, 0.25) is 0 Å². The molecule has 0 aromatic carbocycles. The molecule has 10 heteroatoms. The second kappa shape index (κ2) is 12.2. The third kappa shape index (κ3) is 8.08. The van der Waals surface area contributed by atoms with Crippen LogP contribution in [-0.2, 0) is 28.5 Å². The minimum Gasteiger partial charge on any atom is -0.462 e. The molecule has 27 heavy (non-hydrogen) atoms. The molecule has 0 amide bonds. The molecule has 1 rings (SSSR count). The highest BCUT2D eigenvalue weighted by Gasteiger charge is 2.44. The van der Waals surface area contributed by atoms with Crippen molar-refractivity contribution in [3.63, 3.8) is 0 Å². The van der Waals surface area contributed by atoms with Gasteiger partial charge in [-0.15, -0.1) is 0 Å². The zero-order chi connectivity index (χ0) is 20.4. The molecule has 1 heterocycles. The Morgan fingerprint density at radius 2 is 1.78 bits per heavy atom. The SMILES string of the molecule is CCCCCC(=O)OC[C@H](CO[C@@H]1O[C@H](CO)[C@H](O)[C@H](O)[C@H]1O)OC(C)=O. The van der Waals surface area contributed by atoms with Gasteiger partial charge in [0.15, 0.2) is 12.4 Å². The Balaban J connectivity index is 2.53. The number of unbranched alkanes of at least 4 members (excludes halogenated alkanes) is 2. The summed E-state index contributed by atoms with van der Waals surface area (Å²) in [5.41, 5.74) is 0. The maximum atomic E-state index is 11.7. The van der Waals surface area contributed by atoms with E-state index in [0.29, 0.717) is 6.42 Å². The molecule has 1 fully saturated rings. The fourth-order valence-corrected chi connectivity index (χ4v) is 2.54. The molecule has 1 aliphatic heterocycles. The summed E-state index contributed by atoms with van der Waals surface area (Å²) in [4.78, 5) is 22.9. The summed E-state index contributed by atoms with van der Waals surface area (Å²) in [5.74, 6) is -1.03. The molecule has 0 bridgehead atoms. The van der Waals surface area contributed by atoms with E-state index in [9.17, 15) is 24.9 Å². The van der Waals surface area contributed by atoms with Crippen LogP contribution in [0.25, 0.3) is 0 Å². The summed E-state index contributed by atoms with van der Waals surface area (Å²) < 4.78 is 20.6. The predicted octanol–water partition coefficient (Wildman–Crippen LogP) is -1.14. The zero-order valence-corrected chi connectivity index (χ0v) is 15.7. The Morgan fingerprint density at radius 3 is 2.37 bits per heavy atom. The number of aliphatic hydroxyl groups is 4. The molecule has 0 unspecified atom stereocenters. The average molecular weight is 394 g/mol. The van der Waals surface area contributed by atoms with Crippen molar-refractivity contribution >= 4 is 11.9 Å². The Kier molecular flexibility index (Phi) is 10.7. The van der Waals surface area contributed by atoms with Crippen LogP contribution in [0.5, 0.6) is 0 Å². The van der Waals surface area contributed by atoms with Gasteiger partial charge in [-0.2, -0.15) is 0 Å². The molecule has 0 radical (unpaired) electrons. The smallest absolute Gasteiger partial charge is 0.305 e. The minimum absolute atomic E-state index is 0.234. The lowest BCUT2D eigenvalue weighted by Gasteiger charge is -2.39. The predicted molar refractivity (Wildman–Crippen MR) is 90.4 cm³/mol. The Labute approximate surface area is 158 Å². The second-order valence-electron chi connectivity index (χ2n) is 6.40. The van der Waals surface area contributed by atoms with Gasteiger partial charge in [0.25, 0.3) is 0 Å². The van der Waals surface area contributed by atoms with Gasteiger partial charge in [-0.25, -0.2) is 0 Å². The van der Waals surface area contributed by atoms with Crippen molar-refractivity contribution in [2.24, 2.45) is 0 Å². The van der Waals surface area contributed by atoms with E-state index in [0.717, 1.165) is 12.8 Å². The quantitative estimate of drug-likeness (QED) is 0.250. The van der Waals surface area contributed by atoms with Crippen LogP contribution in [-0.4, -0.2) is 89.0 Å². The van der Waals surface area contributed by atoms with Crippen LogP contribution in [0, 0.1) is 0 Å². The van der Waals surface area contributed by atoms with Crippen molar-refractivity contribution in [2.45, 2.75) is 76.3 Å². The Hall–Kier alpha value is -1.30. The molecule has 1 aliphatic rings. The van der Waals surface area contributed by atoms with Crippen molar-refractivity contribution in [3.8, 4) is 0 Å². The fourth-order valence-electron chi connectivity index (χ4n) is 2.54. The lowest BCUT2D eigenvalue weighted by molar-refractivity contribution is -0.305. The average Bonchev–Trinajstić information content (AvgIpc) is 2.63. The molecule has 0 saturated carbocycles. The summed E-state index contributed by atoms with van der Waals surface area (Å²) in [6, 6.07) is 0. The van der Waals surface area contributed by atoms with Gasteiger partial charge in [-0.1, -0.05) is 19.8 Å². The first-order chi connectivity index (χ1) is 12.8. The van der Waals surface area contributed by atoms with E-state index < -0.39 is 55.4 Å². The number of carbonyl (C=O) groups excluding carboxylic acids is 2. The van der Waals surface area contributed by atoms with Gasteiger partial charge < -0.3 is 39.4 Å². The summed E-state index contributed by atoms with van der Waals surface area (Å²) in [6.45, 7) is 2.09. The molecule has 0 aromatic heterocycles. The zero-order valence-electron chi connectivity index (χ0n) is 15.7. The molecule has 0 aromatic rings. The van der Waals surface area contributed by atoms with Gasteiger partial charge >= 0.3 is 11.9 Å². The van der Waals surface area contributed by atoms with Crippen molar-refractivity contribution in [3.05, 3.63) is 0 Å². The second-order valence-corrected chi connectivity index (χ2v) is 6.40. The van der Waals surface area contributed by atoms with E-state index >= 15 is 0 Å². The highest BCUT2D eigenvalue weighted by molar-refractivity contribution is 5.69. The van der Waals surface area contributed by atoms with Crippen LogP contribution in [0.4, 0.5) is 0 Å². The van der Waals surface area contributed by atoms with Crippen LogP contribution in [0.3, 0.4) is 0 Å². The third-order valence-electron chi connectivity index (χ3n) is 4.04. The van der Waals surface area contributed by atoms with Crippen molar-refractivity contribution in [2.75, 3.05) is 19.8 Å². The van der Waals surface area contributed by atoms with E-state index in [1.54, 1.807) is 0 Å². The molecule has 0 aliphatic carbocycles. The van der Waals surface area contributed by atoms with Crippen molar-refractivity contribution < 1.29 is 49.0 Å². The number of esters is 2. The standard InChI is InChI=1S/C17H30O10/c1-3-4-5-6-13(20)24-8-11(26-10(2)19)9-25-17-16(23)15(22)14(21)12(7-18)27-17/h11-12,14-18,21-23H,3-9H2,1-2H3/t11-,12-,14+,15+,16-,17-/m1/s1. The molecule has 6 atom stereocenters. The lowest BCUT2D eigenvalue weighted by Crippen LogP contribution is -2.59. The van der Waals surface area contributed by atoms with Crippen LogP contribution < -0.4 is 0 Å². The normalized spacial score (nSPS) is 29.2. The minimum atomic E-state index is -1.58. The summed E-state index contributed by atoms with van der Waals surface area (Å²) in [5, 5.41) is 38.5. The number of aliphatic hydroxyl groups excluding tert-OH is 4. The van der Waals surface area contributed by atoms with Crippen LogP contribution >= 0.6 is 0 Å². The Morgan fingerprint density at radius 1 is 1.07 bits per heavy atom. The lowest BCUT2D eigenvalue weighted by atomic mass is 9.99. The van der Waals surface area contributed by atoms with E-state index in [2.05, 4.69) is 0 Å². The van der Waals surface area contributed by atoms with Gasteiger partial charge in [0.1, 0.15) is 31.0 Å². The highest BCUT2D eigenvalue weighted by Crippen LogP contribution is 2.22. The number of hydrogen-bond donors (Lipinski definition) is 4. The highest BCUT2D eigenvalue weighted by atomic mass is 16.7. The molecule has 0 spiro atoms. The first-order valence-corrected chi connectivity index (χ1v) is 9.05. The molecular formula is C17H30O10. The van der Waals surface area contributed by atoms with Crippen LogP contribution in [0.2, 0.25) is 0 Å². The van der Waals surface area contributed by atoms with E-state index in [1.807, 2.05) is 6.92 Å². The molecular weight excluding hydrogens is 364 g/mol. The van der Waals surface area contributed by atoms with E-state index in [1.165, 1.54) is 6.92 Å². The maximum Gasteiger partial charge on any atom is 0.305 e. The van der Waals surface area contributed by atoms with E-state index in [-0.39, 0.29) is 19.6 Å². The maximum absolute atomic E-state index is 11.7. The molecule has 1 saturated heterocycles. The first-order valence-electron chi connectivity index (χ1n) is 9.05. The number of carbonyl (C=O) groups is 2. The van der Waals surface area contributed by atoms with E-state index in [4.69, 9.17) is 24.1 Å². The fraction of sp³-hybridized carbons (Fsp3) is 0.882. The van der Waals surface area contributed by atoms with Gasteiger partial charge in [-0.05, 0) is 6.42 Å². The van der Waals surface area contributed by atoms with Crippen molar-refractivity contribution in [1.29, 1.82) is 0 Å². The summed E-state index contributed by atoms with van der Waals surface area (Å²) >= 11 is 0. The van der Waals surface area contributed by atoms with Crippen LogP contribution in [0.1, 0.15) is 39.5 Å². The number of hydrogen-bond acceptors (Lipinski definition) is 10. The molecule has 158 valence electrons. The van der Waals surface area contributed by atoms with Crippen molar-refractivity contribution in [1.82, 2.24) is 0 Å². The Bertz CT molecular complexity index is 455. The van der Waals surface area contributed by atoms with Gasteiger partial charge in [0.05, 0.1) is 13.2 Å². The first kappa shape index (κ1) is 23.7. The van der Waals surface area contributed by atoms with Gasteiger partial charge in [0, 0.05) is 13.3 Å². The monoisotopic (exact) mass is 394 g/mol. The topological polar surface area (TPSA) is 152 Å². The van der Waals surface area contributed by atoms with Crippen LogP contribution in [0.15, 0.2) is 0 Å². The summed E-state index contributed by atoms with van der Waals surface area (Å²) in [7, 11) is 0. The molecule has 4 N–H and O–H groups in total. The molecule has 10 nitrogen and oxygen atoms in total.